The molecule has 1 aliphatic heterocycles. The molecule has 1 heterocycles. The standard InChI is InChI=1S/C13H14N2O3/c1-9(7-14-18-2)8-15-12(16)10-5-3-4-6-11(10)13(15)17/h3-7,9H,8H2,1-2H3. The number of hydrogen-bond acceptors (Lipinski definition) is 4. The average Bonchev–Trinajstić information content (AvgIpc) is 2.62. The van der Waals surface area contributed by atoms with Crippen LogP contribution in [0, 0.1) is 5.92 Å². The fourth-order valence-electron chi connectivity index (χ4n) is 1.90. The average molecular weight is 246 g/mol. The van der Waals surface area contributed by atoms with Crippen molar-refractivity contribution in [3.8, 4) is 0 Å². The Morgan fingerprint density at radius 1 is 1.28 bits per heavy atom. The highest BCUT2D eigenvalue weighted by Gasteiger charge is 2.35. The molecule has 1 atom stereocenters. The second-order valence-corrected chi connectivity index (χ2v) is 4.18. The molecule has 0 saturated heterocycles. The van der Waals surface area contributed by atoms with Crippen molar-refractivity contribution in [3.63, 3.8) is 0 Å². The lowest BCUT2D eigenvalue weighted by Gasteiger charge is -2.16. The van der Waals surface area contributed by atoms with Gasteiger partial charge in [-0.3, -0.25) is 14.5 Å². The highest BCUT2D eigenvalue weighted by atomic mass is 16.6. The Morgan fingerprint density at radius 3 is 2.33 bits per heavy atom. The Kier molecular flexibility index (Phi) is 3.41. The fourth-order valence-corrected chi connectivity index (χ4v) is 1.90. The number of nitrogens with zero attached hydrogens (tertiary/aromatic N) is 2. The number of carbonyl (C=O) groups is 2. The van der Waals surface area contributed by atoms with Gasteiger partial charge in [0.05, 0.1) is 11.1 Å². The van der Waals surface area contributed by atoms with Crippen molar-refractivity contribution in [2.45, 2.75) is 6.92 Å². The lowest BCUT2D eigenvalue weighted by Crippen LogP contribution is -2.34. The Bertz CT molecular complexity index is 476. The zero-order valence-electron chi connectivity index (χ0n) is 10.3. The van der Waals surface area contributed by atoms with Crippen LogP contribution in [-0.4, -0.2) is 36.6 Å². The maximum Gasteiger partial charge on any atom is 0.261 e. The van der Waals surface area contributed by atoms with Crippen molar-refractivity contribution in [2.75, 3.05) is 13.7 Å². The van der Waals surface area contributed by atoms with Crippen molar-refractivity contribution in [2.24, 2.45) is 11.1 Å². The molecular weight excluding hydrogens is 232 g/mol. The number of benzene rings is 1. The third-order valence-electron chi connectivity index (χ3n) is 2.77. The van der Waals surface area contributed by atoms with E-state index >= 15 is 0 Å². The topological polar surface area (TPSA) is 59.0 Å². The van der Waals surface area contributed by atoms with Crippen molar-refractivity contribution in [1.29, 1.82) is 0 Å². The summed E-state index contributed by atoms with van der Waals surface area (Å²) in [6.45, 7) is 2.17. The van der Waals surface area contributed by atoms with Crippen LogP contribution >= 0.6 is 0 Å². The first-order chi connectivity index (χ1) is 8.65. The van der Waals surface area contributed by atoms with E-state index in [1.165, 1.54) is 12.0 Å². The lowest BCUT2D eigenvalue weighted by molar-refractivity contribution is 0.0644. The Balaban J connectivity index is 2.16. The molecule has 2 rings (SSSR count). The van der Waals surface area contributed by atoms with Crippen molar-refractivity contribution >= 4 is 18.0 Å². The normalized spacial score (nSPS) is 16.2. The second-order valence-electron chi connectivity index (χ2n) is 4.18. The molecule has 0 bridgehead atoms. The summed E-state index contributed by atoms with van der Waals surface area (Å²) in [4.78, 5) is 29.9. The number of oxime groups is 1. The van der Waals surface area contributed by atoms with Crippen LogP contribution in [0.4, 0.5) is 0 Å². The van der Waals surface area contributed by atoms with Gasteiger partial charge in [-0.25, -0.2) is 0 Å². The zero-order chi connectivity index (χ0) is 13.1. The van der Waals surface area contributed by atoms with Crippen LogP contribution < -0.4 is 0 Å². The van der Waals surface area contributed by atoms with Gasteiger partial charge in [0, 0.05) is 18.7 Å². The van der Waals surface area contributed by atoms with Crippen LogP contribution in [0.2, 0.25) is 0 Å². The van der Waals surface area contributed by atoms with E-state index in [1.54, 1.807) is 30.5 Å². The molecule has 0 N–H and O–H groups in total. The van der Waals surface area contributed by atoms with Crippen LogP contribution in [0.5, 0.6) is 0 Å². The Morgan fingerprint density at radius 2 is 1.83 bits per heavy atom. The summed E-state index contributed by atoms with van der Waals surface area (Å²) in [5.74, 6) is -0.534. The summed E-state index contributed by atoms with van der Waals surface area (Å²) in [5, 5.41) is 3.64. The molecule has 2 amide bonds. The molecule has 0 saturated carbocycles. The molecule has 1 unspecified atom stereocenters. The minimum absolute atomic E-state index is 0.0489. The second kappa shape index (κ2) is 5.00. The van der Waals surface area contributed by atoms with Crippen LogP contribution in [0.1, 0.15) is 27.6 Å². The monoisotopic (exact) mass is 246 g/mol. The molecule has 1 aromatic rings. The van der Waals surface area contributed by atoms with Crippen molar-refractivity contribution in [1.82, 2.24) is 4.90 Å². The van der Waals surface area contributed by atoms with Gasteiger partial charge in [-0.05, 0) is 12.1 Å². The van der Waals surface area contributed by atoms with E-state index in [2.05, 4.69) is 9.99 Å². The predicted octanol–water partition coefficient (Wildman–Crippen LogP) is 1.55. The number of imide groups is 1. The van der Waals surface area contributed by atoms with Crippen LogP contribution in [0.3, 0.4) is 0 Å². The van der Waals surface area contributed by atoms with E-state index in [-0.39, 0.29) is 17.7 Å². The minimum atomic E-state index is -0.242. The maximum atomic E-state index is 12.0. The van der Waals surface area contributed by atoms with Gasteiger partial charge in [-0.2, -0.15) is 0 Å². The zero-order valence-corrected chi connectivity index (χ0v) is 10.3. The molecule has 94 valence electrons. The van der Waals surface area contributed by atoms with Gasteiger partial charge in [-0.15, -0.1) is 0 Å². The molecule has 1 aliphatic rings. The highest BCUT2D eigenvalue weighted by molar-refractivity contribution is 6.21. The third-order valence-corrected chi connectivity index (χ3v) is 2.77. The summed E-state index contributed by atoms with van der Waals surface area (Å²) >= 11 is 0. The number of amides is 2. The summed E-state index contributed by atoms with van der Waals surface area (Å²) < 4.78 is 0. The van der Waals surface area contributed by atoms with Crippen LogP contribution in [0.25, 0.3) is 0 Å². The Hall–Kier alpha value is -2.17. The van der Waals surface area contributed by atoms with Gasteiger partial charge in [0.2, 0.25) is 0 Å². The minimum Gasteiger partial charge on any atom is -0.399 e. The first-order valence-electron chi connectivity index (χ1n) is 5.67. The quantitative estimate of drug-likeness (QED) is 0.460. The van der Waals surface area contributed by atoms with Crippen molar-refractivity contribution < 1.29 is 14.4 Å². The van der Waals surface area contributed by atoms with Gasteiger partial charge < -0.3 is 4.84 Å². The summed E-state index contributed by atoms with van der Waals surface area (Å²) in [5.41, 5.74) is 0.941. The largest absolute Gasteiger partial charge is 0.399 e. The molecular formula is C13H14N2O3. The molecule has 0 radical (unpaired) electrons. The van der Waals surface area contributed by atoms with Gasteiger partial charge >= 0.3 is 0 Å². The van der Waals surface area contributed by atoms with E-state index in [0.29, 0.717) is 17.7 Å². The summed E-state index contributed by atoms with van der Waals surface area (Å²) in [7, 11) is 1.45. The molecule has 0 aliphatic carbocycles. The van der Waals surface area contributed by atoms with E-state index in [1.807, 2.05) is 6.92 Å². The first-order valence-corrected chi connectivity index (χ1v) is 5.67. The summed E-state index contributed by atoms with van der Waals surface area (Å²) in [6, 6.07) is 6.85. The number of hydrogen-bond donors (Lipinski definition) is 0. The van der Waals surface area contributed by atoms with Gasteiger partial charge in [-0.1, -0.05) is 24.2 Å². The smallest absolute Gasteiger partial charge is 0.261 e. The van der Waals surface area contributed by atoms with Gasteiger partial charge in [0.25, 0.3) is 11.8 Å². The van der Waals surface area contributed by atoms with Gasteiger partial charge in [0.15, 0.2) is 0 Å². The summed E-state index contributed by atoms with van der Waals surface area (Å²) in [6.07, 6.45) is 1.57. The van der Waals surface area contributed by atoms with Crippen LogP contribution in [0.15, 0.2) is 29.4 Å². The molecule has 18 heavy (non-hydrogen) atoms. The third kappa shape index (κ3) is 2.11. The Labute approximate surface area is 105 Å². The number of rotatable bonds is 4. The maximum absolute atomic E-state index is 12.0. The molecule has 5 heteroatoms. The van der Waals surface area contributed by atoms with E-state index in [0.717, 1.165) is 0 Å². The fraction of sp³-hybridized carbons (Fsp3) is 0.308. The highest BCUT2D eigenvalue weighted by Crippen LogP contribution is 2.22. The molecule has 5 nitrogen and oxygen atoms in total. The first kappa shape index (κ1) is 12.3. The number of carbonyl (C=O) groups excluding carboxylic acids is 2. The molecule has 0 aromatic heterocycles. The van der Waals surface area contributed by atoms with E-state index in [9.17, 15) is 9.59 Å². The molecule has 0 fully saturated rings. The van der Waals surface area contributed by atoms with E-state index < -0.39 is 0 Å². The molecule has 0 spiro atoms. The predicted molar refractivity (Wildman–Crippen MR) is 66.5 cm³/mol. The van der Waals surface area contributed by atoms with E-state index in [4.69, 9.17) is 0 Å². The number of fused-ring (bicyclic) bond motifs is 1. The lowest BCUT2D eigenvalue weighted by atomic mass is 10.1. The van der Waals surface area contributed by atoms with Gasteiger partial charge in [0.1, 0.15) is 7.11 Å². The molecule has 1 aromatic carbocycles. The van der Waals surface area contributed by atoms with Crippen molar-refractivity contribution in [3.05, 3.63) is 35.4 Å². The van der Waals surface area contributed by atoms with Crippen LogP contribution in [-0.2, 0) is 4.84 Å². The SMILES string of the molecule is CON=CC(C)CN1C(=O)c2ccccc2C1=O.